The van der Waals surface area contributed by atoms with Crippen LogP contribution in [0.2, 0.25) is 0 Å². The van der Waals surface area contributed by atoms with E-state index in [0.29, 0.717) is 13.1 Å². The Morgan fingerprint density at radius 2 is 1.89 bits per heavy atom. The largest absolute Gasteiger partial charge is 0.497 e. The zero-order valence-electron chi connectivity index (χ0n) is 17.2. The summed E-state index contributed by atoms with van der Waals surface area (Å²) in [5.41, 5.74) is 1.22. The summed E-state index contributed by atoms with van der Waals surface area (Å²) in [4.78, 5) is 28.2. The quantitative estimate of drug-likeness (QED) is 0.668. The first-order valence-corrected chi connectivity index (χ1v) is 10.0. The number of hydrogen-bond donors (Lipinski definition) is 2. The van der Waals surface area contributed by atoms with Crippen LogP contribution in [0.3, 0.4) is 0 Å². The van der Waals surface area contributed by atoms with Gasteiger partial charge in [-0.3, -0.25) is 19.8 Å². The van der Waals surface area contributed by atoms with Crippen molar-refractivity contribution in [2.75, 3.05) is 39.8 Å². The number of ether oxygens (including phenoxy) is 1. The number of carbonyl (C=O) groups is 2. The summed E-state index contributed by atoms with van der Waals surface area (Å²) in [7, 11) is 1.66. The Balaban J connectivity index is 1.83. The van der Waals surface area contributed by atoms with Crippen LogP contribution in [0.5, 0.6) is 5.75 Å². The van der Waals surface area contributed by atoms with Gasteiger partial charge in [-0.25, -0.2) is 0 Å². The van der Waals surface area contributed by atoms with Crippen molar-refractivity contribution in [3.8, 4) is 5.75 Å². The van der Waals surface area contributed by atoms with Gasteiger partial charge in [-0.1, -0.05) is 32.4 Å². The zero-order valence-corrected chi connectivity index (χ0v) is 17.2. The maximum absolute atomic E-state index is 12.6. The van der Waals surface area contributed by atoms with Crippen LogP contribution in [0.1, 0.15) is 32.3 Å². The van der Waals surface area contributed by atoms with E-state index in [0.717, 1.165) is 38.2 Å². The molecule has 0 bridgehead atoms. The van der Waals surface area contributed by atoms with E-state index < -0.39 is 12.0 Å². The second-order valence-corrected chi connectivity index (χ2v) is 7.44. The van der Waals surface area contributed by atoms with Crippen LogP contribution in [-0.4, -0.2) is 72.7 Å². The van der Waals surface area contributed by atoms with Gasteiger partial charge in [-0.15, -0.1) is 0 Å². The predicted molar refractivity (Wildman–Crippen MR) is 108 cm³/mol. The maximum Gasteiger partial charge on any atom is 0.320 e. The Bertz CT molecular complexity index is 635. The Labute approximate surface area is 167 Å². The highest BCUT2D eigenvalue weighted by molar-refractivity contribution is 5.80. The standard InChI is InChI=1S/C21H33N3O4/c1-4-16(2)20(21(26)27)22-14-19(25)24-11-5-10-23(12-13-24)15-17-6-8-18(28-3)9-7-17/h6-9,16,20,22H,4-5,10-15H2,1-3H3,(H,26,27)/t16-,20-/m0/s1. The fourth-order valence-corrected chi connectivity index (χ4v) is 3.44. The minimum absolute atomic E-state index is 0.0191. The molecule has 2 atom stereocenters. The fraction of sp³-hybridized carbons (Fsp3) is 0.619. The summed E-state index contributed by atoms with van der Waals surface area (Å²) in [5, 5.41) is 12.3. The van der Waals surface area contributed by atoms with Gasteiger partial charge in [-0.05, 0) is 30.0 Å². The monoisotopic (exact) mass is 391 g/mol. The second-order valence-electron chi connectivity index (χ2n) is 7.44. The molecule has 7 heteroatoms. The molecule has 1 heterocycles. The Morgan fingerprint density at radius 1 is 1.18 bits per heavy atom. The van der Waals surface area contributed by atoms with E-state index >= 15 is 0 Å². The third-order valence-electron chi connectivity index (χ3n) is 5.46. The highest BCUT2D eigenvalue weighted by atomic mass is 16.5. The van der Waals surface area contributed by atoms with Gasteiger partial charge in [0.15, 0.2) is 0 Å². The number of benzene rings is 1. The topological polar surface area (TPSA) is 82.1 Å². The molecule has 0 aromatic heterocycles. The second kappa shape index (κ2) is 11.0. The predicted octanol–water partition coefficient (Wildman–Crippen LogP) is 1.82. The van der Waals surface area contributed by atoms with E-state index in [-0.39, 0.29) is 18.4 Å². The molecule has 0 radical (unpaired) electrons. The maximum atomic E-state index is 12.6. The summed E-state index contributed by atoms with van der Waals surface area (Å²) in [5.74, 6) is -0.0973. The summed E-state index contributed by atoms with van der Waals surface area (Å²) >= 11 is 0. The number of carbonyl (C=O) groups excluding carboxylic acids is 1. The van der Waals surface area contributed by atoms with Crippen molar-refractivity contribution in [2.24, 2.45) is 5.92 Å². The van der Waals surface area contributed by atoms with Crippen molar-refractivity contribution in [2.45, 2.75) is 39.3 Å². The highest BCUT2D eigenvalue weighted by Gasteiger charge is 2.25. The average molecular weight is 392 g/mol. The molecule has 0 spiro atoms. The van der Waals surface area contributed by atoms with Crippen molar-refractivity contribution in [1.29, 1.82) is 0 Å². The lowest BCUT2D eigenvalue weighted by Crippen LogP contribution is -2.48. The van der Waals surface area contributed by atoms with Gasteiger partial charge in [0, 0.05) is 32.7 Å². The molecule has 1 aliphatic rings. The van der Waals surface area contributed by atoms with Crippen molar-refractivity contribution in [1.82, 2.24) is 15.1 Å². The van der Waals surface area contributed by atoms with Crippen LogP contribution in [0, 0.1) is 5.92 Å². The minimum Gasteiger partial charge on any atom is -0.497 e. The van der Waals surface area contributed by atoms with E-state index in [2.05, 4.69) is 22.3 Å². The molecule has 28 heavy (non-hydrogen) atoms. The molecule has 1 saturated heterocycles. The fourth-order valence-electron chi connectivity index (χ4n) is 3.44. The van der Waals surface area contributed by atoms with Crippen molar-refractivity contribution in [3.63, 3.8) is 0 Å². The van der Waals surface area contributed by atoms with E-state index in [1.165, 1.54) is 5.56 Å². The minimum atomic E-state index is -0.899. The molecule has 7 nitrogen and oxygen atoms in total. The molecule has 2 rings (SSSR count). The molecule has 1 fully saturated rings. The average Bonchev–Trinajstić information content (AvgIpc) is 2.93. The van der Waals surface area contributed by atoms with Crippen molar-refractivity contribution >= 4 is 11.9 Å². The van der Waals surface area contributed by atoms with Crippen LogP contribution >= 0.6 is 0 Å². The molecule has 1 aromatic rings. The molecule has 156 valence electrons. The van der Waals surface area contributed by atoms with Gasteiger partial charge >= 0.3 is 5.97 Å². The van der Waals surface area contributed by atoms with Crippen molar-refractivity contribution < 1.29 is 19.4 Å². The van der Waals surface area contributed by atoms with Crippen LogP contribution in [0.4, 0.5) is 0 Å². The van der Waals surface area contributed by atoms with Crippen LogP contribution in [-0.2, 0) is 16.1 Å². The molecule has 1 aromatic carbocycles. The zero-order chi connectivity index (χ0) is 20.5. The Hall–Kier alpha value is -2.12. The number of carboxylic acids is 1. The Morgan fingerprint density at radius 3 is 2.50 bits per heavy atom. The molecular formula is C21H33N3O4. The number of nitrogens with one attached hydrogen (secondary N) is 1. The smallest absolute Gasteiger partial charge is 0.320 e. The first kappa shape index (κ1) is 22.2. The van der Waals surface area contributed by atoms with Gasteiger partial charge in [0.2, 0.25) is 5.91 Å². The van der Waals surface area contributed by atoms with Gasteiger partial charge in [0.1, 0.15) is 11.8 Å². The summed E-state index contributed by atoms with van der Waals surface area (Å²) in [6.07, 6.45) is 1.66. The lowest BCUT2D eigenvalue weighted by molar-refractivity contribution is -0.141. The van der Waals surface area contributed by atoms with Gasteiger partial charge in [-0.2, -0.15) is 0 Å². The molecule has 0 aliphatic carbocycles. The van der Waals surface area contributed by atoms with Crippen molar-refractivity contribution in [3.05, 3.63) is 29.8 Å². The number of methoxy groups -OCH3 is 1. The van der Waals surface area contributed by atoms with E-state index in [4.69, 9.17) is 4.74 Å². The first-order valence-electron chi connectivity index (χ1n) is 10.0. The molecular weight excluding hydrogens is 358 g/mol. The SMILES string of the molecule is CC[C@H](C)[C@H](NCC(=O)N1CCCN(Cc2ccc(OC)cc2)CC1)C(=O)O. The normalized spacial score (nSPS) is 17.6. The number of aliphatic carboxylic acids is 1. The van der Waals surface area contributed by atoms with Crippen LogP contribution in [0.25, 0.3) is 0 Å². The summed E-state index contributed by atoms with van der Waals surface area (Å²) in [6.45, 7) is 7.88. The molecule has 1 amide bonds. The van der Waals surface area contributed by atoms with Gasteiger partial charge in [0.25, 0.3) is 0 Å². The van der Waals surface area contributed by atoms with Crippen LogP contribution < -0.4 is 10.1 Å². The molecule has 0 saturated carbocycles. The molecule has 1 aliphatic heterocycles. The summed E-state index contributed by atoms with van der Waals surface area (Å²) < 4.78 is 5.20. The number of rotatable bonds is 9. The number of nitrogens with zero attached hydrogens (tertiary/aromatic N) is 2. The number of amides is 1. The first-order chi connectivity index (χ1) is 13.4. The van der Waals surface area contributed by atoms with Gasteiger partial charge < -0.3 is 14.7 Å². The lowest BCUT2D eigenvalue weighted by Gasteiger charge is -2.24. The lowest BCUT2D eigenvalue weighted by atomic mass is 9.99. The van der Waals surface area contributed by atoms with E-state index in [1.54, 1.807) is 7.11 Å². The van der Waals surface area contributed by atoms with E-state index in [1.807, 2.05) is 30.9 Å². The summed E-state index contributed by atoms with van der Waals surface area (Å²) in [6, 6.07) is 7.37. The molecule has 0 unspecified atom stereocenters. The highest BCUT2D eigenvalue weighted by Crippen LogP contribution is 2.14. The Kier molecular flexibility index (Phi) is 8.73. The molecule has 2 N–H and O–H groups in total. The van der Waals surface area contributed by atoms with Crippen LogP contribution in [0.15, 0.2) is 24.3 Å². The number of hydrogen-bond acceptors (Lipinski definition) is 5. The van der Waals surface area contributed by atoms with E-state index in [9.17, 15) is 14.7 Å². The third-order valence-corrected chi connectivity index (χ3v) is 5.46. The number of carboxylic acid groups (broad SMARTS) is 1. The van der Waals surface area contributed by atoms with Gasteiger partial charge in [0.05, 0.1) is 13.7 Å². The third kappa shape index (κ3) is 6.49.